The van der Waals surface area contributed by atoms with E-state index in [0.717, 1.165) is 0 Å². The van der Waals surface area contributed by atoms with Crippen LogP contribution < -0.4 is 11.5 Å². The van der Waals surface area contributed by atoms with Gasteiger partial charge in [0.2, 0.25) is 11.8 Å². The van der Waals surface area contributed by atoms with Crippen LogP contribution in [0.25, 0.3) is 0 Å². The van der Waals surface area contributed by atoms with E-state index >= 15 is 0 Å². The van der Waals surface area contributed by atoms with Crippen LogP contribution in [-0.4, -0.2) is 63.8 Å². The lowest BCUT2D eigenvalue weighted by atomic mass is 9.83. The van der Waals surface area contributed by atoms with Crippen LogP contribution in [0, 0.1) is 5.92 Å². The van der Waals surface area contributed by atoms with Gasteiger partial charge < -0.3 is 31.3 Å². The molecule has 0 saturated carbocycles. The molecule has 23 heavy (non-hydrogen) atoms. The van der Waals surface area contributed by atoms with E-state index in [4.69, 9.17) is 16.2 Å². The molecule has 1 saturated heterocycles. The molecule has 9 heteroatoms. The number of rotatable bonds is 7. The van der Waals surface area contributed by atoms with Crippen LogP contribution in [0.4, 0.5) is 0 Å². The van der Waals surface area contributed by atoms with Gasteiger partial charge in [0.1, 0.15) is 11.7 Å². The van der Waals surface area contributed by atoms with Gasteiger partial charge >= 0.3 is 5.97 Å². The second-order valence-electron chi connectivity index (χ2n) is 5.95. The zero-order valence-electron chi connectivity index (χ0n) is 12.9. The molecule has 0 aromatic carbocycles. The van der Waals surface area contributed by atoms with Crippen LogP contribution >= 0.6 is 0 Å². The van der Waals surface area contributed by atoms with E-state index in [1.165, 1.54) is 11.8 Å². The van der Waals surface area contributed by atoms with E-state index in [-0.39, 0.29) is 18.3 Å². The molecule has 2 heterocycles. The number of carboxylic acids is 1. The fraction of sp³-hybridized carbons (Fsp3) is 0.643. The first-order chi connectivity index (χ1) is 10.7. The lowest BCUT2D eigenvalue weighted by molar-refractivity contribution is -0.161. The smallest absolute Gasteiger partial charge is 0.352 e. The summed E-state index contributed by atoms with van der Waals surface area (Å²) >= 11 is 0. The van der Waals surface area contributed by atoms with Crippen molar-refractivity contribution in [2.45, 2.75) is 44.6 Å². The second kappa shape index (κ2) is 6.26. The third-order valence-corrected chi connectivity index (χ3v) is 4.38. The number of β-lactam (4-membered cyclic amide) rings is 1. The number of aliphatic carboxylic acids is 1. The Bertz CT molecular complexity index is 573. The summed E-state index contributed by atoms with van der Waals surface area (Å²) < 4.78 is 5.44. The number of carbonyl (C=O) groups is 3. The normalized spacial score (nSPS) is 27.3. The van der Waals surface area contributed by atoms with Crippen LogP contribution in [-0.2, 0) is 19.1 Å². The summed E-state index contributed by atoms with van der Waals surface area (Å²) in [4.78, 5) is 35.7. The Kier molecular flexibility index (Phi) is 4.73. The molecule has 0 spiro atoms. The van der Waals surface area contributed by atoms with E-state index in [2.05, 4.69) is 0 Å². The molecule has 2 rings (SSSR count). The molecular weight excluding hydrogens is 306 g/mol. The molecule has 0 aromatic heterocycles. The van der Waals surface area contributed by atoms with Crippen molar-refractivity contribution in [3.05, 3.63) is 11.3 Å². The van der Waals surface area contributed by atoms with Gasteiger partial charge in [0.15, 0.2) is 0 Å². The maximum absolute atomic E-state index is 12.0. The molecule has 5 atom stereocenters. The van der Waals surface area contributed by atoms with E-state index in [9.17, 15) is 24.6 Å². The molecule has 1 fully saturated rings. The number of fused-ring (bicyclic) bond motifs is 1. The summed E-state index contributed by atoms with van der Waals surface area (Å²) in [5.74, 6) is -2.95. The maximum Gasteiger partial charge on any atom is 0.352 e. The van der Waals surface area contributed by atoms with Crippen molar-refractivity contribution in [1.29, 1.82) is 0 Å². The summed E-state index contributed by atoms with van der Waals surface area (Å²) in [7, 11) is 0. The molecule has 5 unspecified atom stereocenters. The Morgan fingerprint density at radius 3 is 2.52 bits per heavy atom. The van der Waals surface area contributed by atoms with Gasteiger partial charge in [-0.2, -0.15) is 0 Å². The SMILES string of the molecule is CC(O)C1C(=O)N2C(C(=O)O)=C(COC(C)C(N)C(N)=O)CC12. The van der Waals surface area contributed by atoms with Crippen molar-refractivity contribution in [2.75, 3.05) is 6.61 Å². The largest absolute Gasteiger partial charge is 0.477 e. The number of ether oxygens (including phenoxy) is 1. The summed E-state index contributed by atoms with van der Waals surface area (Å²) in [6, 6.07) is -1.37. The second-order valence-corrected chi connectivity index (χ2v) is 5.95. The molecule has 6 N–H and O–H groups in total. The molecular formula is C14H21N3O6. The summed E-state index contributed by atoms with van der Waals surface area (Å²) in [5.41, 5.74) is 11.0. The van der Waals surface area contributed by atoms with Gasteiger partial charge in [0.05, 0.1) is 30.8 Å². The zero-order valence-corrected chi connectivity index (χ0v) is 12.9. The monoisotopic (exact) mass is 327 g/mol. The molecule has 0 bridgehead atoms. The Morgan fingerprint density at radius 2 is 2.04 bits per heavy atom. The van der Waals surface area contributed by atoms with Gasteiger partial charge in [-0.15, -0.1) is 0 Å². The van der Waals surface area contributed by atoms with Crippen molar-refractivity contribution in [2.24, 2.45) is 17.4 Å². The first-order valence-corrected chi connectivity index (χ1v) is 7.29. The van der Waals surface area contributed by atoms with E-state index in [1.54, 1.807) is 6.92 Å². The molecule has 2 amide bonds. The van der Waals surface area contributed by atoms with Crippen LogP contribution in [0.15, 0.2) is 11.3 Å². The minimum absolute atomic E-state index is 0.0728. The number of nitrogens with zero attached hydrogens (tertiary/aromatic N) is 1. The van der Waals surface area contributed by atoms with Gasteiger partial charge in [-0.1, -0.05) is 0 Å². The highest BCUT2D eigenvalue weighted by Gasteiger charge is 2.56. The summed E-state index contributed by atoms with van der Waals surface area (Å²) in [6.45, 7) is 2.99. The fourth-order valence-electron chi connectivity index (χ4n) is 3.06. The summed E-state index contributed by atoms with van der Waals surface area (Å²) in [6.07, 6.45) is -1.23. The first kappa shape index (κ1) is 17.4. The predicted molar refractivity (Wildman–Crippen MR) is 77.7 cm³/mol. The van der Waals surface area contributed by atoms with Crippen molar-refractivity contribution in [3.63, 3.8) is 0 Å². The number of hydrogen-bond acceptors (Lipinski definition) is 6. The van der Waals surface area contributed by atoms with E-state index in [1.807, 2.05) is 0 Å². The molecule has 9 nitrogen and oxygen atoms in total. The Hall–Kier alpha value is -1.97. The highest BCUT2D eigenvalue weighted by molar-refractivity contribution is 5.99. The average Bonchev–Trinajstić information content (AvgIpc) is 2.77. The van der Waals surface area contributed by atoms with Gasteiger partial charge in [-0.05, 0) is 25.8 Å². The number of amides is 2. The minimum atomic E-state index is -1.23. The zero-order chi connectivity index (χ0) is 17.5. The number of aliphatic hydroxyl groups excluding tert-OH is 1. The third kappa shape index (κ3) is 2.94. The van der Waals surface area contributed by atoms with Crippen molar-refractivity contribution < 1.29 is 29.3 Å². The average molecular weight is 327 g/mol. The molecule has 128 valence electrons. The quantitative estimate of drug-likeness (QED) is 0.400. The van der Waals surface area contributed by atoms with Crippen molar-refractivity contribution in [1.82, 2.24) is 4.90 Å². The van der Waals surface area contributed by atoms with Crippen molar-refractivity contribution in [3.8, 4) is 0 Å². The van der Waals surface area contributed by atoms with Crippen LogP contribution in [0.1, 0.15) is 20.3 Å². The molecule has 0 aromatic rings. The van der Waals surface area contributed by atoms with Gasteiger partial charge in [0, 0.05) is 0 Å². The molecule has 2 aliphatic heterocycles. The highest BCUT2D eigenvalue weighted by atomic mass is 16.5. The summed E-state index contributed by atoms with van der Waals surface area (Å²) in [5, 5.41) is 19.0. The van der Waals surface area contributed by atoms with Crippen LogP contribution in [0.5, 0.6) is 0 Å². The number of nitrogens with two attached hydrogens (primary N) is 2. The number of primary amides is 1. The Balaban J connectivity index is 2.11. The number of carboxylic acid groups (broad SMARTS) is 1. The Labute approximate surface area is 132 Å². The van der Waals surface area contributed by atoms with Crippen molar-refractivity contribution >= 4 is 17.8 Å². The number of aliphatic hydroxyl groups is 1. The van der Waals surface area contributed by atoms with E-state index in [0.29, 0.717) is 12.0 Å². The minimum Gasteiger partial charge on any atom is -0.477 e. The molecule has 0 radical (unpaired) electrons. The standard InChI is InChI=1S/C14H21N3O6/c1-5(18)9-8-3-7(4-23-6(2)10(15)12(16)19)11(14(21)22)17(8)13(9)20/h5-6,8-10,18H,3-4,15H2,1-2H3,(H2,16,19)(H,21,22). The van der Waals surface area contributed by atoms with Gasteiger partial charge in [-0.25, -0.2) is 4.79 Å². The number of carbonyl (C=O) groups excluding carboxylic acids is 2. The van der Waals surface area contributed by atoms with E-state index < -0.39 is 42.0 Å². The van der Waals surface area contributed by atoms with Gasteiger partial charge in [0.25, 0.3) is 0 Å². The fourth-order valence-corrected chi connectivity index (χ4v) is 3.06. The lowest BCUT2D eigenvalue weighted by Gasteiger charge is -2.44. The molecule has 0 aliphatic carbocycles. The topological polar surface area (TPSA) is 156 Å². The maximum atomic E-state index is 12.0. The molecule has 2 aliphatic rings. The lowest BCUT2D eigenvalue weighted by Crippen LogP contribution is -2.61. The highest BCUT2D eigenvalue weighted by Crippen LogP contribution is 2.43. The first-order valence-electron chi connectivity index (χ1n) is 7.29. The number of hydrogen-bond donors (Lipinski definition) is 4. The predicted octanol–water partition coefficient (Wildman–Crippen LogP) is -1.85. The van der Waals surface area contributed by atoms with Gasteiger partial charge in [-0.3, -0.25) is 9.59 Å². The van der Waals surface area contributed by atoms with Crippen LogP contribution in [0.2, 0.25) is 0 Å². The third-order valence-electron chi connectivity index (χ3n) is 4.38. The Morgan fingerprint density at radius 1 is 1.43 bits per heavy atom. The van der Waals surface area contributed by atoms with Crippen LogP contribution in [0.3, 0.4) is 0 Å².